The normalized spacial score (nSPS) is 13.7. The van der Waals surface area contributed by atoms with Gasteiger partial charge in [0, 0.05) is 23.2 Å². The topological polar surface area (TPSA) is 46.9 Å². The number of para-hydroxylation sites is 1. The lowest BCUT2D eigenvalue weighted by Gasteiger charge is -2.17. The van der Waals surface area contributed by atoms with Crippen molar-refractivity contribution in [1.82, 2.24) is 9.78 Å². The summed E-state index contributed by atoms with van der Waals surface area (Å²) in [7, 11) is 1.46. The van der Waals surface area contributed by atoms with Crippen LogP contribution in [-0.4, -0.2) is 20.9 Å². The molecule has 0 aliphatic heterocycles. The molecule has 1 amide bonds. The Balaban J connectivity index is 2.28. The Labute approximate surface area is 146 Å². The lowest BCUT2D eigenvalue weighted by atomic mass is 10.0. The summed E-state index contributed by atoms with van der Waals surface area (Å²) in [4.78, 5) is 12.4. The monoisotopic (exact) mass is 353 g/mol. The minimum Gasteiger partial charge on any atom is -0.321 e. The van der Waals surface area contributed by atoms with Crippen molar-refractivity contribution in [2.45, 2.75) is 30.8 Å². The van der Waals surface area contributed by atoms with E-state index in [2.05, 4.69) is 35.7 Å². The maximum atomic E-state index is 14.0. The number of aromatic nitrogens is 2. The van der Waals surface area contributed by atoms with Crippen molar-refractivity contribution in [1.29, 1.82) is 0 Å². The molecule has 0 aliphatic rings. The minimum absolute atomic E-state index is 0.0411. The van der Waals surface area contributed by atoms with Gasteiger partial charge in [0.1, 0.15) is 5.56 Å². The number of nitrogens with one attached hydrogen (secondary N) is 1. The molecule has 7 heteroatoms. The number of amides is 1. The predicted octanol–water partition coefficient (Wildman–Crippen LogP) is 3.80. The fourth-order valence-corrected chi connectivity index (χ4v) is 3.34. The zero-order chi connectivity index (χ0) is 17.1. The van der Waals surface area contributed by atoms with Gasteiger partial charge in [-0.2, -0.15) is 34.7 Å². The van der Waals surface area contributed by atoms with Gasteiger partial charge in [0.25, 0.3) is 5.91 Å². The maximum absolute atomic E-state index is 14.0. The summed E-state index contributed by atoms with van der Waals surface area (Å²) in [6.45, 7) is 3.59. The summed E-state index contributed by atoms with van der Waals surface area (Å²) >= 11 is 8.97. The first-order valence-electron chi connectivity index (χ1n) is 7.26. The number of halogens is 1. The van der Waals surface area contributed by atoms with Crippen LogP contribution in [0.15, 0.2) is 24.3 Å². The molecule has 2 atom stereocenters. The van der Waals surface area contributed by atoms with E-state index in [1.165, 1.54) is 7.05 Å². The van der Waals surface area contributed by atoms with Gasteiger partial charge < -0.3 is 5.32 Å². The molecule has 2 unspecified atom stereocenters. The van der Waals surface area contributed by atoms with Crippen LogP contribution in [-0.2, 0) is 7.05 Å². The van der Waals surface area contributed by atoms with Gasteiger partial charge in [-0.05, 0) is 25.0 Å². The molecule has 0 saturated carbocycles. The van der Waals surface area contributed by atoms with Gasteiger partial charge in [-0.1, -0.05) is 25.1 Å². The highest BCUT2D eigenvalue weighted by Crippen LogP contribution is 2.32. The molecule has 4 nitrogen and oxygen atoms in total. The molecule has 0 saturated heterocycles. The van der Waals surface area contributed by atoms with Crippen molar-refractivity contribution < 1.29 is 9.18 Å². The molecule has 124 valence electrons. The van der Waals surface area contributed by atoms with Gasteiger partial charge in [-0.25, -0.2) is 4.68 Å². The average Bonchev–Trinajstić information content (AvgIpc) is 2.71. The first-order chi connectivity index (χ1) is 10.8. The van der Waals surface area contributed by atoms with Gasteiger partial charge in [-0.3, -0.25) is 4.79 Å². The molecule has 23 heavy (non-hydrogen) atoms. The van der Waals surface area contributed by atoms with Gasteiger partial charge >= 0.3 is 0 Å². The SMILES string of the molecule is Cc1nn(C)c(F)c1C(=O)Nc1ccccc1C(S)CC(C)S. The summed E-state index contributed by atoms with van der Waals surface area (Å²) in [5.41, 5.74) is 1.81. The molecule has 1 N–H and O–H groups in total. The number of thiol groups is 2. The van der Waals surface area contributed by atoms with Crippen LogP contribution < -0.4 is 5.32 Å². The van der Waals surface area contributed by atoms with Gasteiger partial charge in [-0.15, -0.1) is 0 Å². The van der Waals surface area contributed by atoms with E-state index in [1.807, 2.05) is 25.1 Å². The van der Waals surface area contributed by atoms with Crippen LogP contribution in [0.3, 0.4) is 0 Å². The molecule has 0 radical (unpaired) electrons. The van der Waals surface area contributed by atoms with Crippen LogP contribution in [0.4, 0.5) is 10.1 Å². The van der Waals surface area contributed by atoms with Crippen LogP contribution in [0, 0.1) is 12.9 Å². The number of anilines is 1. The van der Waals surface area contributed by atoms with E-state index in [4.69, 9.17) is 0 Å². The minimum atomic E-state index is -0.649. The number of hydrogen-bond donors (Lipinski definition) is 3. The molecular formula is C16H20FN3OS2. The second kappa shape index (κ2) is 7.40. The third-order valence-electron chi connectivity index (χ3n) is 3.51. The fraction of sp³-hybridized carbons (Fsp3) is 0.375. The van der Waals surface area contributed by atoms with E-state index in [0.717, 1.165) is 16.7 Å². The summed E-state index contributed by atoms with van der Waals surface area (Å²) in [5, 5.41) is 6.81. The predicted molar refractivity (Wildman–Crippen MR) is 97.1 cm³/mol. The van der Waals surface area contributed by atoms with Crippen molar-refractivity contribution in [2.24, 2.45) is 7.05 Å². The third-order valence-corrected chi connectivity index (χ3v) is 4.21. The van der Waals surface area contributed by atoms with Crippen LogP contribution >= 0.6 is 25.3 Å². The van der Waals surface area contributed by atoms with E-state index in [0.29, 0.717) is 11.4 Å². The molecule has 1 aromatic carbocycles. The zero-order valence-electron chi connectivity index (χ0n) is 13.2. The molecule has 2 rings (SSSR count). The molecule has 1 heterocycles. The maximum Gasteiger partial charge on any atom is 0.262 e. The standard InChI is InChI=1S/C16H20FN3OS2/c1-9(22)8-13(23)11-6-4-5-7-12(11)18-16(21)14-10(2)19-20(3)15(14)17/h4-7,9,13,22-23H,8H2,1-3H3,(H,18,21). The van der Waals surface area contributed by atoms with Crippen LogP contribution in [0.2, 0.25) is 0 Å². The molecular weight excluding hydrogens is 333 g/mol. The first-order valence-corrected chi connectivity index (χ1v) is 8.30. The smallest absolute Gasteiger partial charge is 0.262 e. The third kappa shape index (κ3) is 4.09. The Morgan fingerprint density at radius 2 is 2.04 bits per heavy atom. The number of nitrogens with zero attached hydrogens (tertiary/aromatic N) is 2. The summed E-state index contributed by atoms with van der Waals surface area (Å²) in [6, 6.07) is 7.38. The summed E-state index contributed by atoms with van der Waals surface area (Å²) in [5.74, 6) is -1.16. The Hall–Kier alpha value is -1.47. The van der Waals surface area contributed by atoms with Crippen molar-refractivity contribution in [3.8, 4) is 0 Å². The Morgan fingerprint density at radius 1 is 1.39 bits per heavy atom. The highest BCUT2D eigenvalue weighted by atomic mass is 32.1. The van der Waals surface area contributed by atoms with Crippen molar-refractivity contribution in [2.75, 3.05) is 5.32 Å². The molecule has 2 aromatic rings. The number of rotatable bonds is 5. The second-order valence-electron chi connectivity index (χ2n) is 5.52. The van der Waals surface area contributed by atoms with Crippen molar-refractivity contribution in [3.63, 3.8) is 0 Å². The van der Waals surface area contributed by atoms with E-state index < -0.39 is 11.9 Å². The van der Waals surface area contributed by atoms with E-state index in [1.54, 1.807) is 13.0 Å². The Bertz CT molecular complexity index is 715. The van der Waals surface area contributed by atoms with E-state index >= 15 is 0 Å². The number of benzene rings is 1. The van der Waals surface area contributed by atoms with Gasteiger partial charge in [0.2, 0.25) is 5.95 Å². The largest absolute Gasteiger partial charge is 0.321 e. The molecule has 0 spiro atoms. The summed E-state index contributed by atoms with van der Waals surface area (Å²) in [6.07, 6.45) is 0.749. The van der Waals surface area contributed by atoms with E-state index in [-0.39, 0.29) is 16.1 Å². The average molecular weight is 353 g/mol. The quantitative estimate of drug-likeness (QED) is 0.716. The van der Waals surface area contributed by atoms with Gasteiger partial charge in [0.05, 0.1) is 5.69 Å². The number of carbonyl (C=O) groups is 1. The number of hydrogen-bond acceptors (Lipinski definition) is 4. The zero-order valence-corrected chi connectivity index (χ0v) is 15.0. The molecule has 0 bridgehead atoms. The van der Waals surface area contributed by atoms with Crippen LogP contribution in [0.25, 0.3) is 0 Å². The lowest BCUT2D eigenvalue weighted by molar-refractivity contribution is 0.102. The fourth-order valence-electron chi connectivity index (χ4n) is 2.42. The molecule has 1 aromatic heterocycles. The number of carbonyl (C=O) groups excluding carboxylic acids is 1. The van der Waals surface area contributed by atoms with Crippen molar-refractivity contribution in [3.05, 3.63) is 47.0 Å². The first kappa shape index (κ1) is 17.9. The lowest BCUT2D eigenvalue weighted by Crippen LogP contribution is -2.16. The van der Waals surface area contributed by atoms with Gasteiger partial charge in [0.15, 0.2) is 0 Å². The molecule has 0 fully saturated rings. The summed E-state index contributed by atoms with van der Waals surface area (Å²) < 4.78 is 15.1. The van der Waals surface area contributed by atoms with Crippen molar-refractivity contribution >= 4 is 36.9 Å². The Morgan fingerprint density at radius 3 is 2.61 bits per heavy atom. The Kier molecular flexibility index (Phi) is 5.75. The van der Waals surface area contributed by atoms with E-state index in [9.17, 15) is 9.18 Å². The van der Waals surface area contributed by atoms with Crippen LogP contribution in [0.5, 0.6) is 0 Å². The second-order valence-corrected chi connectivity index (χ2v) is 7.02. The number of aryl methyl sites for hydroxylation is 2. The highest BCUT2D eigenvalue weighted by molar-refractivity contribution is 7.81. The molecule has 0 aliphatic carbocycles. The highest BCUT2D eigenvalue weighted by Gasteiger charge is 2.22. The van der Waals surface area contributed by atoms with Crippen LogP contribution in [0.1, 0.15) is 40.2 Å².